The Morgan fingerprint density at radius 3 is 2.48 bits per heavy atom. The van der Waals surface area contributed by atoms with Gasteiger partial charge in [-0.05, 0) is 50.3 Å². The lowest BCUT2D eigenvalue weighted by Crippen LogP contribution is -2.45. The maximum atomic E-state index is 12.6. The van der Waals surface area contributed by atoms with Crippen LogP contribution in [0.4, 0.5) is 13.2 Å². The smallest absolute Gasteiger partial charge is 0.357 e. The van der Waals surface area contributed by atoms with Crippen LogP contribution in [-0.2, 0) is 6.54 Å². The zero-order chi connectivity index (χ0) is 22.3. The first-order valence-electron chi connectivity index (χ1n) is 11.1. The standard InChI is InChI=1S/C22H32F3N5O/c1-2-26-21(28-19-10-13-29(15-19)16-22(23,24)25)27-14-17-6-8-18(9-7-17)20(31)30-11-4-3-5-12-30/h6-9,19H,2-5,10-16H2,1H3,(H2,26,27,28). The lowest BCUT2D eigenvalue weighted by atomic mass is 10.1. The van der Waals surface area contributed by atoms with Crippen LogP contribution in [-0.4, -0.2) is 73.2 Å². The first-order chi connectivity index (χ1) is 14.8. The molecular formula is C22H32F3N5O. The molecule has 2 saturated heterocycles. The highest BCUT2D eigenvalue weighted by atomic mass is 19.4. The van der Waals surface area contributed by atoms with Gasteiger partial charge in [0.25, 0.3) is 5.91 Å². The SMILES string of the molecule is CCNC(=NCc1ccc(C(=O)N2CCCCC2)cc1)NC1CCN(CC(F)(F)F)C1. The number of alkyl halides is 3. The second-order valence-electron chi connectivity index (χ2n) is 8.23. The second-order valence-corrected chi connectivity index (χ2v) is 8.23. The van der Waals surface area contributed by atoms with Crippen molar-refractivity contribution in [3.63, 3.8) is 0 Å². The minimum atomic E-state index is -4.17. The number of rotatable bonds is 6. The normalized spacial score (nSPS) is 20.7. The maximum Gasteiger partial charge on any atom is 0.401 e. The number of piperidine rings is 1. The van der Waals surface area contributed by atoms with Crippen molar-refractivity contribution in [1.29, 1.82) is 0 Å². The Labute approximate surface area is 181 Å². The quantitative estimate of drug-likeness (QED) is 0.529. The molecule has 0 aromatic heterocycles. The first kappa shape index (κ1) is 23.4. The Morgan fingerprint density at radius 1 is 1.13 bits per heavy atom. The lowest BCUT2D eigenvalue weighted by molar-refractivity contribution is -0.143. The minimum Gasteiger partial charge on any atom is -0.357 e. The Bertz CT molecular complexity index is 745. The number of nitrogens with zero attached hydrogens (tertiary/aromatic N) is 3. The summed E-state index contributed by atoms with van der Waals surface area (Å²) in [5.41, 5.74) is 1.66. The molecule has 2 heterocycles. The van der Waals surface area contributed by atoms with Crippen molar-refractivity contribution in [2.75, 3.05) is 39.3 Å². The molecule has 172 valence electrons. The van der Waals surface area contributed by atoms with E-state index in [-0.39, 0.29) is 11.9 Å². The summed E-state index contributed by atoms with van der Waals surface area (Å²) < 4.78 is 37.8. The van der Waals surface area contributed by atoms with Crippen molar-refractivity contribution in [1.82, 2.24) is 20.4 Å². The van der Waals surface area contributed by atoms with Crippen LogP contribution in [0.25, 0.3) is 0 Å². The third kappa shape index (κ3) is 7.41. The highest BCUT2D eigenvalue weighted by Gasteiger charge is 2.34. The lowest BCUT2D eigenvalue weighted by Gasteiger charge is -2.26. The summed E-state index contributed by atoms with van der Waals surface area (Å²) in [6.07, 6.45) is -0.214. The average molecular weight is 440 g/mol. The number of likely N-dealkylation sites (tertiary alicyclic amines) is 2. The van der Waals surface area contributed by atoms with Gasteiger partial charge in [-0.25, -0.2) is 4.99 Å². The van der Waals surface area contributed by atoms with E-state index in [0.717, 1.165) is 31.5 Å². The number of hydrogen-bond donors (Lipinski definition) is 2. The van der Waals surface area contributed by atoms with Gasteiger partial charge in [0.1, 0.15) is 0 Å². The van der Waals surface area contributed by atoms with Gasteiger partial charge in [-0.3, -0.25) is 9.69 Å². The molecule has 1 aromatic carbocycles. The zero-order valence-corrected chi connectivity index (χ0v) is 18.0. The minimum absolute atomic E-state index is 0.0651. The van der Waals surface area contributed by atoms with Crippen LogP contribution >= 0.6 is 0 Å². The molecule has 0 aliphatic carbocycles. The van der Waals surface area contributed by atoms with Gasteiger partial charge in [-0.2, -0.15) is 13.2 Å². The molecule has 1 aromatic rings. The van der Waals surface area contributed by atoms with E-state index in [0.29, 0.717) is 44.1 Å². The summed E-state index contributed by atoms with van der Waals surface area (Å²) in [7, 11) is 0. The van der Waals surface area contributed by atoms with Gasteiger partial charge in [0.05, 0.1) is 13.1 Å². The van der Waals surface area contributed by atoms with E-state index in [1.54, 1.807) is 0 Å². The molecule has 9 heteroatoms. The van der Waals surface area contributed by atoms with Crippen molar-refractivity contribution < 1.29 is 18.0 Å². The summed E-state index contributed by atoms with van der Waals surface area (Å²) in [4.78, 5) is 20.5. The molecule has 2 aliphatic rings. The van der Waals surface area contributed by atoms with Crippen molar-refractivity contribution in [2.45, 2.75) is 51.4 Å². The molecule has 0 bridgehead atoms. The predicted molar refractivity (Wildman–Crippen MR) is 115 cm³/mol. The van der Waals surface area contributed by atoms with E-state index in [1.165, 1.54) is 11.3 Å². The van der Waals surface area contributed by atoms with E-state index in [1.807, 2.05) is 36.1 Å². The Balaban J connectivity index is 1.53. The zero-order valence-electron chi connectivity index (χ0n) is 18.0. The molecule has 1 atom stereocenters. The molecular weight excluding hydrogens is 407 g/mol. The molecule has 2 fully saturated rings. The molecule has 0 saturated carbocycles. The Morgan fingerprint density at radius 2 is 1.84 bits per heavy atom. The van der Waals surface area contributed by atoms with Crippen LogP contribution in [0, 0.1) is 0 Å². The predicted octanol–water partition coefficient (Wildman–Crippen LogP) is 3.00. The number of benzene rings is 1. The fourth-order valence-corrected chi connectivity index (χ4v) is 4.06. The second kappa shape index (κ2) is 10.8. The molecule has 31 heavy (non-hydrogen) atoms. The summed E-state index contributed by atoms with van der Waals surface area (Å²) in [6, 6.07) is 7.43. The van der Waals surface area contributed by atoms with Crippen LogP contribution in [0.2, 0.25) is 0 Å². The highest BCUT2D eigenvalue weighted by molar-refractivity contribution is 5.94. The number of carbonyl (C=O) groups is 1. The van der Waals surface area contributed by atoms with Gasteiger partial charge in [0, 0.05) is 44.3 Å². The van der Waals surface area contributed by atoms with Gasteiger partial charge >= 0.3 is 6.18 Å². The number of guanidine groups is 1. The van der Waals surface area contributed by atoms with Crippen LogP contribution in [0.1, 0.15) is 48.5 Å². The van der Waals surface area contributed by atoms with E-state index < -0.39 is 12.7 Å². The molecule has 2 aliphatic heterocycles. The van der Waals surface area contributed by atoms with E-state index in [4.69, 9.17) is 0 Å². The maximum absolute atomic E-state index is 12.6. The van der Waals surface area contributed by atoms with Gasteiger partial charge in [-0.1, -0.05) is 12.1 Å². The molecule has 3 rings (SSSR count). The van der Waals surface area contributed by atoms with Crippen LogP contribution in [0.5, 0.6) is 0 Å². The van der Waals surface area contributed by atoms with Crippen molar-refractivity contribution in [2.24, 2.45) is 4.99 Å². The van der Waals surface area contributed by atoms with Crippen LogP contribution < -0.4 is 10.6 Å². The van der Waals surface area contributed by atoms with Crippen molar-refractivity contribution in [3.05, 3.63) is 35.4 Å². The van der Waals surface area contributed by atoms with Crippen LogP contribution in [0.3, 0.4) is 0 Å². The number of halogens is 3. The number of carbonyl (C=O) groups excluding carboxylic acids is 1. The summed E-state index contributed by atoms with van der Waals surface area (Å²) in [5.74, 6) is 0.671. The summed E-state index contributed by atoms with van der Waals surface area (Å²) >= 11 is 0. The molecule has 0 spiro atoms. The average Bonchev–Trinajstić information content (AvgIpc) is 3.17. The van der Waals surface area contributed by atoms with Gasteiger partial charge in [0.2, 0.25) is 0 Å². The van der Waals surface area contributed by atoms with Crippen molar-refractivity contribution >= 4 is 11.9 Å². The molecule has 1 amide bonds. The van der Waals surface area contributed by atoms with E-state index in [9.17, 15) is 18.0 Å². The molecule has 0 radical (unpaired) electrons. The monoisotopic (exact) mass is 439 g/mol. The number of aliphatic imine (C=N–C) groups is 1. The summed E-state index contributed by atoms with van der Waals surface area (Å²) in [6.45, 7) is 4.57. The molecule has 6 nitrogen and oxygen atoms in total. The van der Waals surface area contributed by atoms with E-state index in [2.05, 4.69) is 15.6 Å². The molecule has 2 N–H and O–H groups in total. The number of nitrogens with one attached hydrogen (secondary N) is 2. The number of hydrogen-bond acceptors (Lipinski definition) is 3. The number of amides is 1. The van der Waals surface area contributed by atoms with Gasteiger partial charge in [-0.15, -0.1) is 0 Å². The largest absolute Gasteiger partial charge is 0.401 e. The molecule has 1 unspecified atom stereocenters. The Kier molecular flexibility index (Phi) is 8.17. The van der Waals surface area contributed by atoms with Crippen LogP contribution in [0.15, 0.2) is 29.3 Å². The topological polar surface area (TPSA) is 60.0 Å². The van der Waals surface area contributed by atoms with Gasteiger partial charge in [0.15, 0.2) is 5.96 Å². The van der Waals surface area contributed by atoms with E-state index >= 15 is 0 Å². The fourth-order valence-electron chi connectivity index (χ4n) is 4.06. The van der Waals surface area contributed by atoms with Crippen molar-refractivity contribution in [3.8, 4) is 0 Å². The third-order valence-corrected chi connectivity index (χ3v) is 5.62. The third-order valence-electron chi connectivity index (χ3n) is 5.62. The first-order valence-corrected chi connectivity index (χ1v) is 11.1. The summed E-state index contributed by atoms with van der Waals surface area (Å²) in [5, 5.41) is 6.40. The fraction of sp³-hybridized carbons (Fsp3) is 0.636. The Hall–Kier alpha value is -2.29. The highest BCUT2D eigenvalue weighted by Crippen LogP contribution is 2.20. The van der Waals surface area contributed by atoms with Gasteiger partial charge < -0.3 is 15.5 Å².